The lowest BCUT2D eigenvalue weighted by molar-refractivity contribution is 0.101. The molecule has 0 saturated carbocycles. The molecule has 5 nitrogen and oxygen atoms in total. The summed E-state index contributed by atoms with van der Waals surface area (Å²) in [4.78, 5) is 13.0. The fourth-order valence-electron chi connectivity index (χ4n) is 3.35. The number of rotatable bonds is 5. The van der Waals surface area contributed by atoms with Crippen molar-refractivity contribution in [2.75, 3.05) is 11.6 Å². The Labute approximate surface area is 173 Å². The third kappa shape index (κ3) is 3.97. The first-order chi connectivity index (χ1) is 14.3. The molecule has 0 fully saturated rings. The van der Waals surface area contributed by atoms with Gasteiger partial charge in [-0.25, -0.2) is 12.8 Å². The minimum Gasteiger partial charge on any atom is -0.332 e. The fourth-order valence-corrected chi connectivity index (χ4v) is 4.00. The first kappa shape index (κ1) is 19.8. The second kappa shape index (κ2) is 7.76. The number of sulfone groups is 1. The molecule has 30 heavy (non-hydrogen) atoms. The van der Waals surface area contributed by atoms with E-state index in [0.717, 1.165) is 34.9 Å². The Kier molecular flexibility index (Phi) is 5.13. The zero-order valence-electron chi connectivity index (χ0n) is 16.2. The average molecular weight is 422 g/mol. The number of hydrogen-bond acceptors (Lipinski definition) is 3. The minimum atomic E-state index is -3.54. The van der Waals surface area contributed by atoms with E-state index in [9.17, 15) is 17.6 Å². The summed E-state index contributed by atoms with van der Waals surface area (Å²) in [6.07, 6.45) is 1.03. The average Bonchev–Trinajstić information content (AvgIpc) is 3.08. The number of amides is 1. The van der Waals surface area contributed by atoms with E-state index in [1.807, 2.05) is 59.2 Å². The molecule has 3 aromatic carbocycles. The van der Waals surface area contributed by atoms with Gasteiger partial charge >= 0.3 is 0 Å². The molecule has 0 atom stereocenters. The number of nitrogens with one attached hydrogen (secondary N) is 1. The highest BCUT2D eigenvalue weighted by molar-refractivity contribution is 7.90. The van der Waals surface area contributed by atoms with Gasteiger partial charge in [0.15, 0.2) is 9.84 Å². The molecule has 0 aliphatic heterocycles. The number of carbonyl (C=O) groups is 1. The molecule has 0 saturated heterocycles. The number of aromatic nitrogens is 1. The Morgan fingerprint density at radius 1 is 0.967 bits per heavy atom. The molecule has 0 aliphatic rings. The number of anilines is 1. The first-order valence-electron chi connectivity index (χ1n) is 9.26. The third-order valence-electron chi connectivity index (χ3n) is 4.84. The molecule has 1 heterocycles. The Bertz CT molecular complexity index is 1350. The minimum absolute atomic E-state index is 0.0657. The molecule has 0 bridgehead atoms. The molecule has 152 valence electrons. The van der Waals surface area contributed by atoms with Gasteiger partial charge in [0, 0.05) is 23.7 Å². The van der Waals surface area contributed by atoms with Crippen molar-refractivity contribution in [1.82, 2.24) is 4.57 Å². The fraction of sp³-hybridized carbons (Fsp3) is 0.0870. The van der Waals surface area contributed by atoms with Gasteiger partial charge in [0.2, 0.25) is 0 Å². The molecule has 4 aromatic rings. The molecule has 0 unspecified atom stereocenters. The van der Waals surface area contributed by atoms with Crippen LogP contribution in [0.2, 0.25) is 0 Å². The van der Waals surface area contributed by atoms with Crippen LogP contribution in [-0.4, -0.2) is 25.1 Å². The lowest BCUT2D eigenvalue weighted by atomic mass is 10.2. The van der Waals surface area contributed by atoms with Crippen LogP contribution in [0.4, 0.5) is 10.1 Å². The second-order valence-electron chi connectivity index (χ2n) is 7.03. The standard InChI is InChI=1S/C23H19FN2O3S/c1-30(28,29)18-11-12-19(24)20(14-18)25-23(27)22-13-17-9-5-6-10-21(17)26(22)15-16-7-3-2-4-8-16/h2-14H,15H2,1H3,(H,25,27). The Hall–Kier alpha value is -3.45. The van der Waals surface area contributed by atoms with Crippen molar-refractivity contribution < 1.29 is 17.6 Å². The third-order valence-corrected chi connectivity index (χ3v) is 5.95. The highest BCUT2D eigenvalue weighted by Gasteiger charge is 2.18. The smallest absolute Gasteiger partial charge is 0.272 e. The molecular weight excluding hydrogens is 403 g/mol. The Morgan fingerprint density at radius 2 is 1.67 bits per heavy atom. The summed E-state index contributed by atoms with van der Waals surface area (Å²) in [6, 6.07) is 22.4. The van der Waals surface area contributed by atoms with Gasteiger partial charge in [-0.2, -0.15) is 0 Å². The number of hydrogen-bond donors (Lipinski definition) is 1. The first-order valence-corrected chi connectivity index (χ1v) is 11.2. The van der Waals surface area contributed by atoms with Crippen LogP contribution in [0, 0.1) is 5.82 Å². The van der Waals surface area contributed by atoms with Crippen molar-refractivity contribution in [1.29, 1.82) is 0 Å². The summed E-state index contributed by atoms with van der Waals surface area (Å²) in [5.74, 6) is -1.23. The number of halogens is 1. The van der Waals surface area contributed by atoms with Gasteiger partial charge in [0.05, 0.1) is 10.6 Å². The van der Waals surface area contributed by atoms with Gasteiger partial charge in [-0.15, -0.1) is 0 Å². The van der Waals surface area contributed by atoms with Crippen LogP contribution < -0.4 is 5.32 Å². The predicted molar refractivity (Wildman–Crippen MR) is 115 cm³/mol. The second-order valence-corrected chi connectivity index (χ2v) is 9.04. The van der Waals surface area contributed by atoms with Crippen LogP contribution in [0.5, 0.6) is 0 Å². The highest BCUT2D eigenvalue weighted by atomic mass is 32.2. The molecule has 1 N–H and O–H groups in total. The van der Waals surface area contributed by atoms with Crippen LogP contribution in [0.25, 0.3) is 10.9 Å². The number of nitrogens with zero attached hydrogens (tertiary/aromatic N) is 1. The van der Waals surface area contributed by atoms with E-state index in [1.165, 1.54) is 6.07 Å². The van der Waals surface area contributed by atoms with Crippen LogP contribution in [0.15, 0.2) is 83.8 Å². The largest absolute Gasteiger partial charge is 0.332 e. The number of carbonyl (C=O) groups excluding carboxylic acids is 1. The maximum Gasteiger partial charge on any atom is 0.272 e. The van der Waals surface area contributed by atoms with E-state index in [0.29, 0.717) is 12.2 Å². The molecule has 0 radical (unpaired) electrons. The monoisotopic (exact) mass is 422 g/mol. The number of fused-ring (bicyclic) bond motifs is 1. The van der Waals surface area contributed by atoms with E-state index in [2.05, 4.69) is 5.32 Å². The molecule has 0 spiro atoms. The number of benzene rings is 3. The molecule has 1 amide bonds. The molecule has 7 heteroatoms. The van der Waals surface area contributed by atoms with Crippen molar-refractivity contribution in [3.63, 3.8) is 0 Å². The van der Waals surface area contributed by atoms with Crippen LogP contribution in [0.1, 0.15) is 16.1 Å². The zero-order chi connectivity index (χ0) is 21.3. The van der Waals surface area contributed by atoms with Gasteiger partial charge < -0.3 is 9.88 Å². The summed E-state index contributed by atoms with van der Waals surface area (Å²) >= 11 is 0. The SMILES string of the molecule is CS(=O)(=O)c1ccc(F)c(NC(=O)c2cc3ccccc3n2Cc2ccccc2)c1. The van der Waals surface area contributed by atoms with E-state index in [1.54, 1.807) is 6.07 Å². The van der Waals surface area contributed by atoms with Crippen molar-refractivity contribution in [3.8, 4) is 0 Å². The van der Waals surface area contributed by atoms with E-state index < -0.39 is 21.6 Å². The molecule has 4 rings (SSSR count). The topological polar surface area (TPSA) is 68.2 Å². The van der Waals surface area contributed by atoms with Crippen molar-refractivity contribution in [2.45, 2.75) is 11.4 Å². The van der Waals surface area contributed by atoms with Gasteiger partial charge in [-0.05, 0) is 35.9 Å². The quantitative estimate of drug-likeness (QED) is 0.482. The summed E-state index contributed by atoms with van der Waals surface area (Å²) in [7, 11) is -3.54. The van der Waals surface area contributed by atoms with Crippen molar-refractivity contribution in [2.24, 2.45) is 0 Å². The van der Waals surface area contributed by atoms with E-state index in [-0.39, 0.29) is 10.6 Å². The van der Waals surface area contributed by atoms with Crippen LogP contribution in [-0.2, 0) is 16.4 Å². The Balaban J connectivity index is 1.75. The maximum absolute atomic E-state index is 14.3. The van der Waals surface area contributed by atoms with Gasteiger partial charge in [-0.3, -0.25) is 4.79 Å². The molecule has 0 aliphatic carbocycles. The Morgan fingerprint density at radius 3 is 2.40 bits per heavy atom. The molecule has 1 aromatic heterocycles. The van der Waals surface area contributed by atoms with Gasteiger partial charge in [0.1, 0.15) is 11.5 Å². The normalized spacial score (nSPS) is 11.5. The maximum atomic E-state index is 14.3. The summed E-state index contributed by atoms with van der Waals surface area (Å²) in [5, 5.41) is 3.41. The van der Waals surface area contributed by atoms with E-state index >= 15 is 0 Å². The highest BCUT2D eigenvalue weighted by Crippen LogP contribution is 2.24. The summed E-state index contributed by atoms with van der Waals surface area (Å²) < 4.78 is 39.7. The van der Waals surface area contributed by atoms with Crippen molar-refractivity contribution >= 4 is 32.3 Å². The summed E-state index contributed by atoms with van der Waals surface area (Å²) in [6.45, 7) is 0.461. The van der Waals surface area contributed by atoms with E-state index in [4.69, 9.17) is 0 Å². The zero-order valence-corrected chi connectivity index (χ0v) is 17.0. The number of para-hydroxylation sites is 1. The lowest BCUT2D eigenvalue weighted by Gasteiger charge is -2.12. The summed E-state index contributed by atoms with van der Waals surface area (Å²) in [5.41, 5.74) is 2.05. The predicted octanol–water partition coefficient (Wildman–Crippen LogP) is 4.48. The van der Waals surface area contributed by atoms with Crippen LogP contribution >= 0.6 is 0 Å². The molecular formula is C23H19FN2O3S. The van der Waals surface area contributed by atoms with Gasteiger partial charge in [0.25, 0.3) is 5.91 Å². The van der Waals surface area contributed by atoms with Crippen LogP contribution in [0.3, 0.4) is 0 Å². The lowest BCUT2D eigenvalue weighted by Crippen LogP contribution is -2.18. The van der Waals surface area contributed by atoms with Crippen molar-refractivity contribution in [3.05, 3.63) is 95.9 Å². The van der Waals surface area contributed by atoms with Gasteiger partial charge in [-0.1, -0.05) is 48.5 Å².